The summed E-state index contributed by atoms with van der Waals surface area (Å²) in [5, 5.41) is 6.56. The summed E-state index contributed by atoms with van der Waals surface area (Å²) in [6, 6.07) is 3.09. The van der Waals surface area contributed by atoms with Gasteiger partial charge in [0.1, 0.15) is 23.1 Å². The lowest BCUT2D eigenvalue weighted by molar-refractivity contribution is 0.368. The predicted octanol–water partition coefficient (Wildman–Crippen LogP) is 3.38. The van der Waals surface area contributed by atoms with Crippen LogP contribution in [0.4, 0.5) is 14.5 Å². The zero-order valence-electron chi connectivity index (χ0n) is 12.3. The van der Waals surface area contributed by atoms with Crippen molar-refractivity contribution in [3.63, 3.8) is 0 Å². The molecule has 0 amide bonds. The average Bonchev–Trinajstić information content (AvgIpc) is 2.92. The third-order valence-electron chi connectivity index (χ3n) is 3.62. The third kappa shape index (κ3) is 4.18. The van der Waals surface area contributed by atoms with Crippen molar-refractivity contribution in [1.82, 2.24) is 5.16 Å². The molecule has 0 spiro atoms. The van der Waals surface area contributed by atoms with E-state index in [0.717, 1.165) is 60.9 Å². The van der Waals surface area contributed by atoms with Crippen molar-refractivity contribution in [2.75, 3.05) is 5.32 Å². The second kappa shape index (κ2) is 7.71. The van der Waals surface area contributed by atoms with Gasteiger partial charge in [0.15, 0.2) is 5.96 Å². The topological polar surface area (TPSA) is 76.4 Å². The van der Waals surface area contributed by atoms with E-state index in [4.69, 9.17) is 10.3 Å². The smallest absolute Gasteiger partial charge is 0.193 e. The number of nitrogens with one attached hydrogen (secondary N) is 1. The minimum absolute atomic E-state index is 0. The highest BCUT2D eigenvalue weighted by atomic mass is 127. The quantitative estimate of drug-likeness (QED) is 0.441. The molecule has 124 valence electrons. The summed E-state index contributed by atoms with van der Waals surface area (Å²) in [5.41, 5.74) is 7.50. The highest BCUT2D eigenvalue weighted by Gasteiger charge is 2.18. The third-order valence-corrected chi connectivity index (χ3v) is 3.62. The van der Waals surface area contributed by atoms with Crippen molar-refractivity contribution in [2.24, 2.45) is 10.7 Å². The normalized spacial score (nSPS) is 14.1. The molecule has 0 aliphatic heterocycles. The number of anilines is 1. The van der Waals surface area contributed by atoms with Crippen LogP contribution in [0.2, 0.25) is 0 Å². The maximum absolute atomic E-state index is 13.5. The van der Waals surface area contributed by atoms with Crippen molar-refractivity contribution >= 4 is 35.6 Å². The summed E-state index contributed by atoms with van der Waals surface area (Å²) in [4.78, 5) is 4.11. The summed E-state index contributed by atoms with van der Waals surface area (Å²) in [6.07, 6.45) is 4.03. The molecule has 1 aliphatic carbocycles. The first kappa shape index (κ1) is 17.6. The van der Waals surface area contributed by atoms with Crippen molar-refractivity contribution in [2.45, 2.75) is 32.2 Å². The molecule has 0 unspecified atom stereocenters. The van der Waals surface area contributed by atoms with E-state index in [1.807, 2.05) is 0 Å². The van der Waals surface area contributed by atoms with Crippen LogP contribution in [0.15, 0.2) is 27.7 Å². The molecule has 0 bridgehead atoms. The molecule has 0 saturated heterocycles. The largest absolute Gasteiger partial charge is 0.370 e. The SMILES string of the molecule is I.NC(=NCc1noc2c1CCCC2)Nc1cc(F)ccc1F. The molecule has 0 atom stereocenters. The van der Waals surface area contributed by atoms with Crippen molar-refractivity contribution in [3.8, 4) is 0 Å². The molecule has 8 heteroatoms. The molecule has 23 heavy (non-hydrogen) atoms. The van der Waals surface area contributed by atoms with Gasteiger partial charge < -0.3 is 15.6 Å². The Bertz CT molecular complexity index is 717. The number of guanidine groups is 1. The van der Waals surface area contributed by atoms with E-state index in [2.05, 4.69) is 15.5 Å². The molecule has 1 aromatic carbocycles. The molecular weight excluding hydrogens is 417 g/mol. The number of benzene rings is 1. The predicted molar refractivity (Wildman–Crippen MR) is 93.9 cm³/mol. The van der Waals surface area contributed by atoms with Gasteiger partial charge in [0.25, 0.3) is 0 Å². The molecule has 2 aromatic rings. The lowest BCUT2D eigenvalue weighted by Crippen LogP contribution is -2.23. The number of hydrogen-bond acceptors (Lipinski definition) is 3. The Hall–Kier alpha value is -1.71. The summed E-state index contributed by atoms with van der Waals surface area (Å²) < 4.78 is 31.9. The molecule has 1 aromatic heterocycles. The van der Waals surface area contributed by atoms with Crippen molar-refractivity contribution in [3.05, 3.63) is 46.9 Å². The molecular formula is C15H17F2IN4O. The first-order valence-corrected chi connectivity index (χ1v) is 7.12. The van der Waals surface area contributed by atoms with Crippen LogP contribution >= 0.6 is 24.0 Å². The molecule has 0 fully saturated rings. The van der Waals surface area contributed by atoms with Crippen LogP contribution in [0.1, 0.15) is 29.9 Å². The highest BCUT2D eigenvalue weighted by molar-refractivity contribution is 14.0. The van der Waals surface area contributed by atoms with Gasteiger partial charge in [-0.25, -0.2) is 13.8 Å². The van der Waals surface area contributed by atoms with Gasteiger partial charge in [0.05, 0.1) is 12.2 Å². The number of aryl methyl sites for hydroxylation is 1. The molecule has 0 radical (unpaired) electrons. The van der Waals surface area contributed by atoms with E-state index >= 15 is 0 Å². The van der Waals surface area contributed by atoms with E-state index in [1.165, 1.54) is 0 Å². The van der Waals surface area contributed by atoms with Crippen LogP contribution in [0, 0.1) is 11.6 Å². The van der Waals surface area contributed by atoms with Gasteiger partial charge in [-0.2, -0.15) is 0 Å². The Kier molecular flexibility index (Phi) is 5.91. The minimum atomic E-state index is -0.599. The van der Waals surface area contributed by atoms with Crippen LogP contribution in [0.5, 0.6) is 0 Å². The van der Waals surface area contributed by atoms with Crippen LogP contribution in [-0.2, 0) is 19.4 Å². The van der Waals surface area contributed by atoms with Gasteiger partial charge in [0, 0.05) is 18.1 Å². The maximum Gasteiger partial charge on any atom is 0.193 e. The standard InChI is InChI=1S/C15H16F2N4O.HI/c16-9-5-6-11(17)12(7-9)20-15(18)19-8-13-10-3-1-2-4-14(10)22-21-13;/h5-7H,1-4,8H2,(H3,18,19,20);1H. The zero-order valence-corrected chi connectivity index (χ0v) is 14.6. The number of nitrogens with zero attached hydrogens (tertiary/aromatic N) is 2. The van der Waals surface area contributed by atoms with Gasteiger partial charge in [-0.15, -0.1) is 24.0 Å². The summed E-state index contributed by atoms with van der Waals surface area (Å²) in [6.45, 7) is 0.245. The number of halogens is 3. The van der Waals surface area contributed by atoms with Crippen LogP contribution in [0.25, 0.3) is 0 Å². The summed E-state index contributed by atoms with van der Waals surface area (Å²) >= 11 is 0. The number of aliphatic imine (C=N–C) groups is 1. The van der Waals surface area contributed by atoms with Crippen molar-refractivity contribution in [1.29, 1.82) is 0 Å². The van der Waals surface area contributed by atoms with E-state index in [0.29, 0.717) is 0 Å². The average molecular weight is 434 g/mol. The van der Waals surface area contributed by atoms with Crippen LogP contribution in [-0.4, -0.2) is 11.1 Å². The molecule has 0 saturated carbocycles. The van der Waals surface area contributed by atoms with Gasteiger partial charge in [-0.1, -0.05) is 5.16 Å². The van der Waals surface area contributed by atoms with Gasteiger partial charge in [-0.05, 0) is 31.4 Å². The van der Waals surface area contributed by atoms with E-state index in [1.54, 1.807) is 0 Å². The Morgan fingerprint density at radius 1 is 1.30 bits per heavy atom. The highest BCUT2D eigenvalue weighted by Crippen LogP contribution is 2.24. The van der Waals surface area contributed by atoms with E-state index in [9.17, 15) is 8.78 Å². The number of hydrogen-bond donors (Lipinski definition) is 2. The maximum atomic E-state index is 13.5. The molecule has 3 rings (SSSR count). The van der Waals surface area contributed by atoms with Gasteiger partial charge in [0.2, 0.25) is 0 Å². The van der Waals surface area contributed by atoms with E-state index in [-0.39, 0.29) is 42.2 Å². The molecule has 1 aliphatic rings. The Labute approximate surface area is 149 Å². The van der Waals surface area contributed by atoms with Gasteiger partial charge >= 0.3 is 0 Å². The minimum Gasteiger partial charge on any atom is -0.370 e. The lowest BCUT2D eigenvalue weighted by Gasteiger charge is -2.09. The molecule has 1 heterocycles. The number of aromatic nitrogens is 1. The number of fused-ring (bicyclic) bond motifs is 1. The molecule has 5 nitrogen and oxygen atoms in total. The Morgan fingerprint density at radius 2 is 2.09 bits per heavy atom. The zero-order chi connectivity index (χ0) is 15.5. The first-order valence-electron chi connectivity index (χ1n) is 7.12. The summed E-state index contributed by atoms with van der Waals surface area (Å²) in [5.74, 6) is -0.239. The van der Waals surface area contributed by atoms with Crippen LogP contribution in [0.3, 0.4) is 0 Å². The fourth-order valence-corrected chi connectivity index (χ4v) is 2.50. The van der Waals surface area contributed by atoms with Gasteiger partial charge in [-0.3, -0.25) is 0 Å². The molecule has 3 N–H and O–H groups in total. The second-order valence-electron chi connectivity index (χ2n) is 5.19. The second-order valence-corrected chi connectivity index (χ2v) is 5.19. The monoisotopic (exact) mass is 434 g/mol. The van der Waals surface area contributed by atoms with E-state index < -0.39 is 11.6 Å². The lowest BCUT2D eigenvalue weighted by atomic mass is 9.96. The fraction of sp³-hybridized carbons (Fsp3) is 0.333. The fourth-order valence-electron chi connectivity index (χ4n) is 2.50. The number of nitrogens with two attached hydrogens (primary N) is 1. The summed E-state index contributed by atoms with van der Waals surface area (Å²) in [7, 11) is 0. The number of rotatable bonds is 3. The first-order chi connectivity index (χ1) is 10.6. The Balaban J connectivity index is 0.00000192. The Morgan fingerprint density at radius 3 is 2.91 bits per heavy atom. The van der Waals surface area contributed by atoms with Crippen LogP contribution < -0.4 is 11.1 Å². The van der Waals surface area contributed by atoms with Crippen molar-refractivity contribution < 1.29 is 13.3 Å².